The molecule has 0 radical (unpaired) electrons. The van der Waals surface area contributed by atoms with Gasteiger partial charge in [-0.2, -0.15) is 0 Å². The summed E-state index contributed by atoms with van der Waals surface area (Å²) in [5, 5.41) is 10.8. The number of carbonyl (C=O) groups is 1. The number of hydrogen-bond donors (Lipinski definition) is 1. The Balaban J connectivity index is 2.34. The van der Waals surface area contributed by atoms with E-state index in [1.807, 2.05) is 54.6 Å². The molecule has 0 saturated carbocycles. The highest BCUT2D eigenvalue weighted by atomic mass is 16.5. The number of anilines is 1. The lowest BCUT2D eigenvalue weighted by Gasteiger charge is -2.32. The van der Waals surface area contributed by atoms with Gasteiger partial charge in [-0.25, -0.2) is 0 Å². The van der Waals surface area contributed by atoms with Crippen molar-refractivity contribution in [3.8, 4) is 0 Å². The smallest absolute Gasteiger partial charge is 0.234 e. The van der Waals surface area contributed by atoms with Crippen LogP contribution in [0.25, 0.3) is 0 Å². The summed E-state index contributed by atoms with van der Waals surface area (Å²) in [5.74, 6) is -0.813. The van der Waals surface area contributed by atoms with Crippen LogP contribution in [0.15, 0.2) is 54.6 Å². The number of benzene rings is 2. The Labute approximate surface area is 174 Å². The molecular weight excluding hydrogens is 366 g/mol. The minimum absolute atomic E-state index is 0.0983. The molecule has 0 aliphatic carbocycles. The van der Waals surface area contributed by atoms with Gasteiger partial charge in [-0.1, -0.05) is 76.2 Å². The summed E-state index contributed by atoms with van der Waals surface area (Å²) in [7, 11) is 1.61. The zero-order chi connectivity index (χ0) is 21.4. The Morgan fingerprint density at radius 3 is 2.28 bits per heavy atom. The van der Waals surface area contributed by atoms with Crippen molar-refractivity contribution in [2.45, 2.75) is 39.2 Å². The number of ether oxygens (including phenoxy) is 2. The zero-order valence-electron chi connectivity index (χ0n) is 18.1. The second kappa shape index (κ2) is 10.5. The number of methoxy groups -OCH3 is 1. The van der Waals surface area contributed by atoms with Crippen LogP contribution in [0.3, 0.4) is 0 Å². The molecule has 0 aliphatic heterocycles. The maximum Gasteiger partial charge on any atom is 0.234 e. The van der Waals surface area contributed by atoms with E-state index < -0.39 is 12.0 Å². The van der Waals surface area contributed by atoms with E-state index in [0.717, 1.165) is 16.8 Å². The van der Waals surface area contributed by atoms with Crippen LogP contribution in [0, 0.1) is 5.92 Å². The number of aliphatic hydroxyl groups is 1. The van der Waals surface area contributed by atoms with Crippen LogP contribution in [0.5, 0.6) is 0 Å². The molecular formula is C24H33NO4. The average Bonchev–Trinajstić information content (AvgIpc) is 2.72. The fourth-order valence-electron chi connectivity index (χ4n) is 3.21. The van der Waals surface area contributed by atoms with Crippen molar-refractivity contribution < 1.29 is 19.4 Å². The lowest BCUT2D eigenvalue weighted by atomic mass is 9.85. The highest BCUT2D eigenvalue weighted by Gasteiger charge is 2.31. The molecule has 2 aromatic carbocycles. The number of nitrogens with zero attached hydrogens (tertiary/aromatic N) is 1. The first kappa shape index (κ1) is 23.1. The van der Waals surface area contributed by atoms with Crippen LogP contribution in [0.1, 0.15) is 44.9 Å². The van der Waals surface area contributed by atoms with Crippen molar-refractivity contribution in [3.05, 3.63) is 65.7 Å². The average molecular weight is 400 g/mol. The van der Waals surface area contributed by atoms with E-state index in [0.29, 0.717) is 13.2 Å². The first-order valence-electron chi connectivity index (χ1n) is 9.98. The van der Waals surface area contributed by atoms with Crippen LogP contribution >= 0.6 is 0 Å². The molecule has 158 valence electrons. The minimum Gasteiger partial charge on any atom is -0.388 e. The van der Waals surface area contributed by atoms with Crippen LogP contribution in [-0.2, 0) is 19.7 Å². The van der Waals surface area contributed by atoms with Crippen LogP contribution < -0.4 is 4.90 Å². The molecule has 5 heteroatoms. The lowest BCUT2D eigenvalue weighted by molar-refractivity contribution is -0.126. The van der Waals surface area contributed by atoms with Gasteiger partial charge < -0.3 is 14.6 Å². The summed E-state index contributed by atoms with van der Waals surface area (Å²) in [6.07, 6.45) is -0.896. The van der Waals surface area contributed by atoms with E-state index in [1.165, 1.54) is 0 Å². The number of aliphatic hydroxyl groups excluding tert-OH is 1. The van der Waals surface area contributed by atoms with Gasteiger partial charge in [0.25, 0.3) is 0 Å². The number of amides is 1. The molecule has 29 heavy (non-hydrogen) atoms. The normalized spacial score (nSPS) is 13.7. The summed E-state index contributed by atoms with van der Waals surface area (Å²) >= 11 is 0. The van der Waals surface area contributed by atoms with Crippen molar-refractivity contribution in [1.29, 1.82) is 0 Å². The molecule has 0 heterocycles. The molecule has 0 aromatic heterocycles. The zero-order valence-corrected chi connectivity index (χ0v) is 18.1. The topological polar surface area (TPSA) is 59.0 Å². The van der Waals surface area contributed by atoms with Gasteiger partial charge in [0, 0.05) is 12.8 Å². The van der Waals surface area contributed by atoms with Gasteiger partial charge in [-0.05, 0) is 22.6 Å². The molecule has 5 nitrogen and oxygen atoms in total. The molecule has 1 N–H and O–H groups in total. The molecule has 0 spiro atoms. The Hall–Kier alpha value is -2.21. The standard InChI is InChI=1S/C24H33NO4/c1-18(22(26)19-11-7-6-8-12-19)23(27)25(17-29-16-15-28-5)21-14-10-9-13-20(21)24(2,3)4/h6-14,18,22,26H,15-17H2,1-5H3/t18-,22+/m0/s1. The third-order valence-electron chi connectivity index (χ3n) is 4.93. The van der Waals surface area contributed by atoms with Crippen LogP contribution in [-0.4, -0.2) is 38.1 Å². The Bertz CT molecular complexity index is 770. The maximum absolute atomic E-state index is 13.5. The number of carbonyl (C=O) groups excluding carboxylic acids is 1. The van der Waals surface area contributed by atoms with Crippen molar-refractivity contribution >= 4 is 11.6 Å². The van der Waals surface area contributed by atoms with E-state index >= 15 is 0 Å². The summed E-state index contributed by atoms with van der Waals surface area (Å²) < 4.78 is 10.8. The fourth-order valence-corrected chi connectivity index (χ4v) is 3.21. The quantitative estimate of drug-likeness (QED) is 0.504. The number of para-hydroxylation sites is 1. The molecule has 0 bridgehead atoms. The Morgan fingerprint density at radius 2 is 1.66 bits per heavy atom. The highest BCUT2D eigenvalue weighted by Crippen LogP contribution is 2.34. The van der Waals surface area contributed by atoms with Crippen LogP contribution in [0.4, 0.5) is 5.69 Å². The monoisotopic (exact) mass is 399 g/mol. The van der Waals surface area contributed by atoms with Gasteiger partial charge in [0.2, 0.25) is 5.91 Å². The van der Waals surface area contributed by atoms with E-state index in [-0.39, 0.29) is 18.1 Å². The SMILES string of the molecule is COCCOCN(C(=O)[C@@H](C)[C@@H](O)c1ccccc1)c1ccccc1C(C)(C)C. The van der Waals surface area contributed by atoms with E-state index in [9.17, 15) is 9.90 Å². The third kappa shape index (κ3) is 6.13. The predicted molar refractivity (Wildman–Crippen MR) is 116 cm³/mol. The predicted octanol–water partition coefficient (Wildman–Crippen LogP) is 4.31. The third-order valence-corrected chi connectivity index (χ3v) is 4.93. The second-order valence-corrected chi connectivity index (χ2v) is 8.21. The largest absolute Gasteiger partial charge is 0.388 e. The van der Waals surface area contributed by atoms with Gasteiger partial charge in [-0.3, -0.25) is 9.69 Å². The molecule has 0 unspecified atom stereocenters. The highest BCUT2D eigenvalue weighted by molar-refractivity contribution is 5.96. The van der Waals surface area contributed by atoms with Gasteiger partial charge in [-0.15, -0.1) is 0 Å². The van der Waals surface area contributed by atoms with E-state index in [2.05, 4.69) is 20.8 Å². The summed E-state index contributed by atoms with van der Waals surface area (Å²) in [4.78, 5) is 15.1. The second-order valence-electron chi connectivity index (χ2n) is 8.21. The summed E-state index contributed by atoms with van der Waals surface area (Å²) in [5.41, 5.74) is 2.42. The Kier molecular flexibility index (Phi) is 8.38. The van der Waals surface area contributed by atoms with Gasteiger partial charge in [0.1, 0.15) is 6.73 Å². The molecule has 2 aromatic rings. The van der Waals surface area contributed by atoms with E-state index in [4.69, 9.17) is 9.47 Å². The lowest BCUT2D eigenvalue weighted by Crippen LogP contribution is -2.40. The maximum atomic E-state index is 13.5. The Morgan fingerprint density at radius 1 is 1.03 bits per heavy atom. The van der Waals surface area contributed by atoms with Gasteiger partial charge in [0.05, 0.1) is 25.2 Å². The van der Waals surface area contributed by atoms with E-state index in [1.54, 1.807) is 18.9 Å². The van der Waals surface area contributed by atoms with Gasteiger partial charge in [0.15, 0.2) is 0 Å². The number of rotatable bonds is 9. The van der Waals surface area contributed by atoms with Crippen molar-refractivity contribution in [1.82, 2.24) is 0 Å². The van der Waals surface area contributed by atoms with Crippen molar-refractivity contribution in [2.75, 3.05) is 32.0 Å². The molecule has 0 saturated heterocycles. The fraction of sp³-hybridized carbons (Fsp3) is 0.458. The molecule has 2 rings (SSSR count). The first-order chi connectivity index (χ1) is 13.8. The van der Waals surface area contributed by atoms with Crippen molar-refractivity contribution in [3.63, 3.8) is 0 Å². The summed E-state index contributed by atoms with van der Waals surface area (Å²) in [6, 6.07) is 17.1. The van der Waals surface area contributed by atoms with Crippen molar-refractivity contribution in [2.24, 2.45) is 5.92 Å². The molecule has 2 atom stereocenters. The molecule has 1 amide bonds. The molecule has 0 fully saturated rings. The number of hydrogen-bond acceptors (Lipinski definition) is 4. The molecule has 0 aliphatic rings. The van der Waals surface area contributed by atoms with Gasteiger partial charge >= 0.3 is 0 Å². The van der Waals surface area contributed by atoms with Crippen LogP contribution in [0.2, 0.25) is 0 Å². The first-order valence-corrected chi connectivity index (χ1v) is 9.98. The minimum atomic E-state index is -0.896. The summed E-state index contributed by atoms with van der Waals surface area (Å²) in [6.45, 7) is 9.02.